The molecular weight excluding hydrogens is 743 g/mol. The van der Waals surface area contributed by atoms with E-state index in [1.165, 1.54) is 32.5 Å². The summed E-state index contributed by atoms with van der Waals surface area (Å²) in [7, 11) is 0. The second-order valence-corrected chi connectivity index (χ2v) is 16.0. The monoisotopic (exact) mass is 777 g/mol. The van der Waals surface area contributed by atoms with Crippen molar-refractivity contribution in [2.75, 3.05) is 4.90 Å². The topological polar surface area (TPSA) is 29.5 Å². The molecule has 13 aromatic rings. The summed E-state index contributed by atoms with van der Waals surface area (Å²) >= 11 is 0. The third-order valence-electron chi connectivity index (χ3n) is 12.6. The normalized spacial score (nSPS) is 11.9. The number of para-hydroxylation sites is 2. The van der Waals surface area contributed by atoms with E-state index < -0.39 is 0 Å². The number of benzene rings is 11. The second-order valence-electron chi connectivity index (χ2n) is 16.0. The minimum absolute atomic E-state index is 0.845. The van der Waals surface area contributed by atoms with Crippen molar-refractivity contribution in [3.63, 3.8) is 0 Å². The largest absolute Gasteiger partial charge is 0.455 e. The fraction of sp³-hybridized carbons (Fsp3) is 0. The number of fused-ring (bicyclic) bond motifs is 12. The Morgan fingerprint density at radius 1 is 0.295 bits per heavy atom. The lowest BCUT2D eigenvalue weighted by Gasteiger charge is -2.28. The molecule has 0 spiro atoms. The van der Waals surface area contributed by atoms with Crippen LogP contribution < -0.4 is 4.90 Å². The number of anilines is 3. The molecule has 0 aliphatic carbocycles. The SMILES string of the molecule is c1ccc(N(c2ccc(-c3ccc4c(ccc5ccccc54)c3)cc2)c2cccc3oc4c5ccccc5ccc4c23)c(-c2cccc3c2oc2cc4ccccc4cc23)c1. The van der Waals surface area contributed by atoms with Gasteiger partial charge in [-0.3, -0.25) is 0 Å². The van der Waals surface area contributed by atoms with Gasteiger partial charge in [-0.25, -0.2) is 0 Å². The number of hydrogen-bond acceptors (Lipinski definition) is 3. The highest BCUT2D eigenvalue weighted by Gasteiger charge is 2.24. The summed E-state index contributed by atoms with van der Waals surface area (Å²) in [6, 6.07) is 76.3. The van der Waals surface area contributed by atoms with Gasteiger partial charge in [-0.05, 0) is 103 Å². The lowest BCUT2D eigenvalue weighted by Crippen LogP contribution is -2.11. The number of rotatable bonds is 5. The predicted molar refractivity (Wildman–Crippen MR) is 257 cm³/mol. The first kappa shape index (κ1) is 33.8. The average molecular weight is 778 g/mol. The maximum absolute atomic E-state index is 6.83. The molecule has 3 nitrogen and oxygen atoms in total. The highest BCUT2D eigenvalue weighted by molar-refractivity contribution is 6.20. The zero-order valence-electron chi connectivity index (χ0n) is 33.0. The highest BCUT2D eigenvalue weighted by Crippen LogP contribution is 2.48. The molecule has 0 N–H and O–H groups in total. The van der Waals surface area contributed by atoms with E-state index >= 15 is 0 Å². The van der Waals surface area contributed by atoms with Crippen LogP contribution >= 0.6 is 0 Å². The fourth-order valence-corrected chi connectivity index (χ4v) is 9.72. The van der Waals surface area contributed by atoms with E-state index in [9.17, 15) is 0 Å². The average Bonchev–Trinajstić information content (AvgIpc) is 3.90. The van der Waals surface area contributed by atoms with Gasteiger partial charge in [0.25, 0.3) is 0 Å². The summed E-state index contributed by atoms with van der Waals surface area (Å²) in [5, 5.41) is 14.0. The zero-order chi connectivity index (χ0) is 40.0. The molecule has 0 bridgehead atoms. The maximum atomic E-state index is 6.83. The molecule has 284 valence electrons. The molecule has 13 rings (SSSR count). The number of furan rings is 2. The molecule has 0 saturated heterocycles. The molecule has 2 aromatic heterocycles. The van der Waals surface area contributed by atoms with Gasteiger partial charge in [-0.15, -0.1) is 0 Å². The van der Waals surface area contributed by atoms with E-state index in [4.69, 9.17) is 8.83 Å². The molecule has 0 amide bonds. The lowest BCUT2D eigenvalue weighted by atomic mass is 9.96. The first-order valence-electron chi connectivity index (χ1n) is 20.8. The zero-order valence-corrected chi connectivity index (χ0v) is 33.0. The van der Waals surface area contributed by atoms with Crippen LogP contribution in [-0.2, 0) is 0 Å². The lowest BCUT2D eigenvalue weighted by molar-refractivity contribution is 0.670. The molecular formula is C58H35NO2. The summed E-state index contributed by atoms with van der Waals surface area (Å²) in [5.41, 5.74) is 11.0. The highest BCUT2D eigenvalue weighted by atomic mass is 16.3. The third-order valence-corrected chi connectivity index (χ3v) is 12.6. The molecule has 0 saturated carbocycles. The van der Waals surface area contributed by atoms with Crippen LogP contribution in [0.25, 0.3) is 109 Å². The molecule has 0 fully saturated rings. The summed E-state index contributed by atoms with van der Waals surface area (Å²) in [5.74, 6) is 0. The summed E-state index contributed by atoms with van der Waals surface area (Å²) in [6.45, 7) is 0. The van der Waals surface area contributed by atoms with Crippen molar-refractivity contribution >= 4 is 104 Å². The quantitative estimate of drug-likeness (QED) is 0.163. The fourth-order valence-electron chi connectivity index (χ4n) is 9.72. The van der Waals surface area contributed by atoms with Gasteiger partial charge in [0.1, 0.15) is 22.3 Å². The van der Waals surface area contributed by atoms with Crippen molar-refractivity contribution in [2.24, 2.45) is 0 Å². The van der Waals surface area contributed by atoms with Crippen molar-refractivity contribution in [3.8, 4) is 22.3 Å². The van der Waals surface area contributed by atoms with Gasteiger partial charge in [0.15, 0.2) is 0 Å². The Hall–Kier alpha value is -8.14. The smallest absolute Gasteiger partial charge is 0.143 e. The van der Waals surface area contributed by atoms with Crippen LogP contribution in [0.15, 0.2) is 221 Å². The van der Waals surface area contributed by atoms with Crippen molar-refractivity contribution in [1.82, 2.24) is 0 Å². The number of hydrogen-bond donors (Lipinski definition) is 0. The standard InChI is InChI=1S/C58H35NO2/c1-2-14-40-35-55-51(34-39(40)13-1)49-19-9-18-48(58(49)61-55)47-17-7-8-20-52(47)59(53-21-10-22-54-56(53)50-32-27-38-12-4-6-16-46(38)57(50)60-54)43-29-25-36(26-30-43)41-28-31-45-42(33-41)24-23-37-11-3-5-15-44(37)45/h1-35H. The minimum Gasteiger partial charge on any atom is -0.455 e. The van der Waals surface area contributed by atoms with Crippen LogP contribution in [0, 0.1) is 0 Å². The minimum atomic E-state index is 0.845. The van der Waals surface area contributed by atoms with Crippen molar-refractivity contribution in [2.45, 2.75) is 0 Å². The maximum Gasteiger partial charge on any atom is 0.143 e. The van der Waals surface area contributed by atoms with Gasteiger partial charge >= 0.3 is 0 Å². The molecule has 2 heterocycles. The Balaban J connectivity index is 1.03. The molecule has 0 unspecified atom stereocenters. The van der Waals surface area contributed by atoms with Gasteiger partial charge in [0, 0.05) is 38.4 Å². The van der Waals surface area contributed by atoms with Crippen LogP contribution in [-0.4, -0.2) is 0 Å². The molecule has 0 radical (unpaired) electrons. The second kappa shape index (κ2) is 13.2. The van der Waals surface area contributed by atoms with Crippen molar-refractivity contribution in [1.29, 1.82) is 0 Å². The van der Waals surface area contributed by atoms with Crippen LogP contribution in [0.4, 0.5) is 17.1 Å². The van der Waals surface area contributed by atoms with Crippen LogP contribution in [0.5, 0.6) is 0 Å². The van der Waals surface area contributed by atoms with E-state index in [1.807, 2.05) is 0 Å². The molecule has 11 aromatic carbocycles. The summed E-state index contributed by atoms with van der Waals surface area (Å²) < 4.78 is 13.6. The van der Waals surface area contributed by atoms with E-state index in [0.717, 1.165) is 93.8 Å². The molecule has 0 aliphatic rings. The van der Waals surface area contributed by atoms with E-state index in [1.54, 1.807) is 0 Å². The number of nitrogens with zero attached hydrogens (tertiary/aromatic N) is 1. The molecule has 0 aliphatic heterocycles. The van der Waals surface area contributed by atoms with Crippen LogP contribution in [0.2, 0.25) is 0 Å². The Morgan fingerprint density at radius 3 is 1.75 bits per heavy atom. The predicted octanol–water partition coefficient (Wildman–Crippen LogP) is 16.9. The Morgan fingerprint density at radius 2 is 0.885 bits per heavy atom. The molecule has 3 heteroatoms. The van der Waals surface area contributed by atoms with Crippen molar-refractivity contribution < 1.29 is 8.83 Å². The first-order valence-corrected chi connectivity index (χ1v) is 20.8. The van der Waals surface area contributed by atoms with Gasteiger partial charge in [-0.2, -0.15) is 0 Å². The van der Waals surface area contributed by atoms with Gasteiger partial charge < -0.3 is 13.7 Å². The Labute approximate surface area is 350 Å². The van der Waals surface area contributed by atoms with Gasteiger partial charge in [0.05, 0.1) is 16.8 Å². The van der Waals surface area contributed by atoms with Crippen molar-refractivity contribution in [3.05, 3.63) is 212 Å². The molecule has 0 atom stereocenters. The van der Waals surface area contributed by atoms with E-state index in [-0.39, 0.29) is 0 Å². The molecule has 61 heavy (non-hydrogen) atoms. The van der Waals surface area contributed by atoms with Crippen LogP contribution in [0.3, 0.4) is 0 Å². The van der Waals surface area contributed by atoms with Crippen LogP contribution in [0.1, 0.15) is 0 Å². The van der Waals surface area contributed by atoms with Gasteiger partial charge in [0.2, 0.25) is 0 Å². The van der Waals surface area contributed by atoms with E-state index in [0.29, 0.717) is 0 Å². The van der Waals surface area contributed by atoms with E-state index in [2.05, 4.69) is 217 Å². The third kappa shape index (κ3) is 5.24. The summed E-state index contributed by atoms with van der Waals surface area (Å²) in [4.78, 5) is 2.40. The van der Waals surface area contributed by atoms with Gasteiger partial charge in [-0.1, -0.05) is 158 Å². The Kier molecular flexibility index (Phi) is 7.31. The summed E-state index contributed by atoms with van der Waals surface area (Å²) in [6.07, 6.45) is 0. The Bertz CT molecular complexity index is 3890. The first-order chi connectivity index (χ1) is 30.2.